The Morgan fingerprint density at radius 2 is 1.98 bits per heavy atom. The lowest BCUT2D eigenvalue weighted by Gasteiger charge is -2.40. The van der Waals surface area contributed by atoms with Crippen LogP contribution in [-0.2, 0) is 4.79 Å². The van der Waals surface area contributed by atoms with Gasteiger partial charge in [0, 0.05) is 56.4 Å². The third-order valence-electron chi connectivity index (χ3n) is 8.79. The number of carbonyl (C=O) groups is 2. The number of piperazine rings is 1. The fraction of sp³-hybridized carbons (Fsp3) is 0.467. The first-order valence-electron chi connectivity index (χ1n) is 13.9. The number of nitriles is 1. The van der Waals surface area contributed by atoms with Crippen molar-refractivity contribution in [3.05, 3.63) is 53.3 Å². The highest BCUT2D eigenvalue weighted by Crippen LogP contribution is 2.47. The van der Waals surface area contributed by atoms with Gasteiger partial charge in [-0.25, -0.2) is 9.37 Å². The number of ether oxygens (including phenoxy) is 1. The van der Waals surface area contributed by atoms with Crippen molar-refractivity contribution in [3.8, 4) is 23.1 Å². The summed E-state index contributed by atoms with van der Waals surface area (Å²) in [6, 6.07) is 8.38. The number of anilines is 1. The van der Waals surface area contributed by atoms with Crippen LogP contribution in [0.3, 0.4) is 0 Å². The molecule has 4 aliphatic heterocycles. The van der Waals surface area contributed by atoms with E-state index < -0.39 is 17.4 Å². The van der Waals surface area contributed by atoms with Crippen LogP contribution < -0.4 is 9.64 Å². The van der Waals surface area contributed by atoms with Crippen molar-refractivity contribution in [2.45, 2.75) is 37.9 Å². The molecule has 3 saturated heterocycles. The number of nitrogens with zero attached hydrogens (tertiary/aromatic N) is 6. The highest BCUT2D eigenvalue weighted by Gasteiger charge is 2.48. The number of aromatic nitrogens is 1. The molecular formula is C30H32ClFN6O3. The summed E-state index contributed by atoms with van der Waals surface area (Å²) in [5, 5.41) is 9.37. The van der Waals surface area contributed by atoms with Crippen LogP contribution in [0.2, 0.25) is 5.02 Å². The number of carbonyl (C=O) groups excluding carboxylic acids is 2. The van der Waals surface area contributed by atoms with E-state index in [-0.39, 0.29) is 58.0 Å². The molecule has 0 saturated carbocycles. The van der Waals surface area contributed by atoms with Gasteiger partial charge in [-0.15, -0.1) is 0 Å². The van der Waals surface area contributed by atoms with Crippen molar-refractivity contribution in [1.82, 2.24) is 19.7 Å². The van der Waals surface area contributed by atoms with Gasteiger partial charge in [0.15, 0.2) is 5.75 Å². The topological polar surface area (TPSA) is 93.0 Å². The quantitative estimate of drug-likeness (QED) is 0.512. The zero-order valence-corrected chi connectivity index (χ0v) is 23.9. The maximum Gasteiger partial charge on any atom is 0.261 e. The van der Waals surface area contributed by atoms with Crippen molar-refractivity contribution in [2.75, 3.05) is 50.8 Å². The number of benzene rings is 1. The van der Waals surface area contributed by atoms with Gasteiger partial charge in [0.2, 0.25) is 5.91 Å². The first kappa shape index (κ1) is 27.5. The van der Waals surface area contributed by atoms with Crippen LogP contribution in [0, 0.1) is 23.1 Å². The molecule has 2 amide bonds. The average Bonchev–Trinajstić information content (AvgIpc) is 3.16. The SMILES string of the molecule is C=CC(=O)N1CCN2C(=O)c3c(N4C[C@@H](N5CC(C#N)C5)CC4(C)C)nc(-c4ccccc4F)c(Cl)c3OC[C@H]2C1. The van der Waals surface area contributed by atoms with E-state index in [4.69, 9.17) is 21.3 Å². The van der Waals surface area contributed by atoms with Gasteiger partial charge in [-0.1, -0.05) is 30.3 Å². The van der Waals surface area contributed by atoms with E-state index in [9.17, 15) is 14.9 Å². The molecule has 41 heavy (non-hydrogen) atoms. The molecule has 2 aromatic rings. The molecule has 1 aromatic carbocycles. The molecule has 0 spiro atoms. The Labute approximate surface area is 243 Å². The second-order valence-corrected chi connectivity index (χ2v) is 12.2. The molecule has 5 heterocycles. The number of fused-ring (bicyclic) bond motifs is 2. The van der Waals surface area contributed by atoms with E-state index >= 15 is 4.39 Å². The number of hydrogen-bond donors (Lipinski definition) is 0. The second kappa shape index (κ2) is 10.3. The molecule has 0 radical (unpaired) electrons. The maximum atomic E-state index is 15.1. The highest BCUT2D eigenvalue weighted by atomic mass is 35.5. The van der Waals surface area contributed by atoms with E-state index in [1.54, 1.807) is 28.0 Å². The Hall–Kier alpha value is -3.68. The second-order valence-electron chi connectivity index (χ2n) is 11.8. The van der Waals surface area contributed by atoms with Crippen molar-refractivity contribution in [2.24, 2.45) is 5.92 Å². The minimum Gasteiger partial charge on any atom is -0.489 e. The third kappa shape index (κ3) is 4.61. The van der Waals surface area contributed by atoms with E-state index in [0.717, 1.165) is 19.5 Å². The van der Waals surface area contributed by atoms with Crippen LogP contribution >= 0.6 is 11.6 Å². The van der Waals surface area contributed by atoms with Gasteiger partial charge in [0.1, 0.15) is 28.8 Å². The molecule has 11 heteroatoms. The van der Waals surface area contributed by atoms with Gasteiger partial charge in [-0.2, -0.15) is 5.26 Å². The van der Waals surface area contributed by atoms with Crippen LogP contribution in [0.5, 0.6) is 5.75 Å². The van der Waals surface area contributed by atoms with Crippen molar-refractivity contribution in [1.29, 1.82) is 5.26 Å². The summed E-state index contributed by atoms with van der Waals surface area (Å²) in [5.74, 6) is -0.332. The highest BCUT2D eigenvalue weighted by molar-refractivity contribution is 6.35. The Balaban J connectivity index is 1.46. The lowest BCUT2D eigenvalue weighted by molar-refractivity contribution is -0.128. The summed E-state index contributed by atoms with van der Waals surface area (Å²) in [4.78, 5) is 39.4. The molecule has 1 aromatic heterocycles. The molecular weight excluding hydrogens is 547 g/mol. The summed E-state index contributed by atoms with van der Waals surface area (Å²) in [6.45, 7) is 10.9. The van der Waals surface area contributed by atoms with E-state index in [1.165, 1.54) is 12.1 Å². The zero-order valence-electron chi connectivity index (χ0n) is 23.1. The van der Waals surface area contributed by atoms with Gasteiger partial charge >= 0.3 is 0 Å². The number of pyridine rings is 1. The van der Waals surface area contributed by atoms with Crippen molar-refractivity contribution in [3.63, 3.8) is 0 Å². The largest absolute Gasteiger partial charge is 0.489 e. The molecule has 2 atom stereocenters. The fourth-order valence-electron chi connectivity index (χ4n) is 6.52. The average molecular weight is 579 g/mol. The summed E-state index contributed by atoms with van der Waals surface area (Å²) < 4.78 is 21.4. The molecule has 0 aliphatic carbocycles. The Bertz CT molecular complexity index is 1470. The number of rotatable bonds is 4. The Morgan fingerprint density at radius 1 is 1.22 bits per heavy atom. The minimum atomic E-state index is -0.481. The van der Waals surface area contributed by atoms with E-state index in [1.807, 2.05) is 0 Å². The Morgan fingerprint density at radius 3 is 2.68 bits per heavy atom. The lowest BCUT2D eigenvalue weighted by Crippen LogP contribution is -2.57. The van der Waals surface area contributed by atoms with Gasteiger partial charge in [0.05, 0.1) is 23.7 Å². The fourth-order valence-corrected chi connectivity index (χ4v) is 6.82. The van der Waals surface area contributed by atoms with Crippen molar-refractivity contribution >= 4 is 29.2 Å². The van der Waals surface area contributed by atoms with Gasteiger partial charge < -0.3 is 19.4 Å². The summed E-state index contributed by atoms with van der Waals surface area (Å²) in [7, 11) is 0. The third-order valence-corrected chi connectivity index (χ3v) is 9.14. The van der Waals surface area contributed by atoms with Crippen LogP contribution in [0.1, 0.15) is 30.6 Å². The molecule has 0 unspecified atom stereocenters. The van der Waals surface area contributed by atoms with Crippen LogP contribution in [0.15, 0.2) is 36.9 Å². The first-order chi connectivity index (χ1) is 19.6. The lowest BCUT2D eigenvalue weighted by atomic mass is 9.94. The van der Waals surface area contributed by atoms with E-state index in [0.29, 0.717) is 32.0 Å². The van der Waals surface area contributed by atoms with Gasteiger partial charge in [0.25, 0.3) is 5.91 Å². The summed E-state index contributed by atoms with van der Waals surface area (Å²) >= 11 is 6.90. The predicted octanol–water partition coefficient (Wildman–Crippen LogP) is 3.59. The monoisotopic (exact) mass is 578 g/mol. The van der Waals surface area contributed by atoms with Crippen LogP contribution in [0.4, 0.5) is 10.2 Å². The molecule has 9 nitrogen and oxygen atoms in total. The van der Waals surface area contributed by atoms with E-state index in [2.05, 4.69) is 36.3 Å². The standard InChI is InChI=1S/C30H32ClFN6O3/c1-4-23(39)35-9-10-37-20(15-35)17-41-27-24(29(37)40)28(34-26(25(27)31)21-7-5-6-8-22(21)32)38-16-19(11-30(38,2)3)36-13-18(12-33)14-36/h4-8,18-20H,1,9-11,13-17H2,2-3H3/t19-,20+/m0/s1. The zero-order chi connectivity index (χ0) is 29.1. The van der Waals surface area contributed by atoms with Crippen molar-refractivity contribution < 1.29 is 18.7 Å². The molecule has 214 valence electrons. The number of amides is 2. The van der Waals surface area contributed by atoms with Gasteiger partial charge in [-0.3, -0.25) is 14.5 Å². The molecule has 3 fully saturated rings. The molecule has 0 bridgehead atoms. The van der Waals surface area contributed by atoms with Crippen LogP contribution in [-0.4, -0.2) is 95.0 Å². The number of likely N-dealkylation sites (tertiary alicyclic amines) is 1. The summed E-state index contributed by atoms with van der Waals surface area (Å²) in [5.41, 5.74) is 0.288. The molecule has 6 rings (SSSR count). The normalized spacial score (nSPS) is 24.1. The predicted molar refractivity (Wildman–Crippen MR) is 152 cm³/mol. The number of hydrogen-bond acceptors (Lipinski definition) is 7. The molecule has 4 aliphatic rings. The smallest absolute Gasteiger partial charge is 0.261 e. The molecule has 0 N–H and O–H groups in total. The Kier molecular flexibility index (Phi) is 6.91. The van der Waals surface area contributed by atoms with Gasteiger partial charge in [-0.05, 0) is 38.5 Å². The maximum absolute atomic E-state index is 15.1. The minimum absolute atomic E-state index is 0.0308. The number of halogens is 2. The van der Waals surface area contributed by atoms with Crippen LogP contribution in [0.25, 0.3) is 11.3 Å². The summed E-state index contributed by atoms with van der Waals surface area (Å²) in [6.07, 6.45) is 2.07. The first-order valence-corrected chi connectivity index (χ1v) is 14.3.